The Hall–Kier alpha value is -0.420. The van der Waals surface area contributed by atoms with Crippen LogP contribution < -0.4 is 0 Å². The van der Waals surface area contributed by atoms with Gasteiger partial charge in [0.25, 0.3) is 0 Å². The molecule has 0 aliphatic carbocycles. The van der Waals surface area contributed by atoms with Gasteiger partial charge >= 0.3 is 0 Å². The second-order valence-electron chi connectivity index (χ2n) is 6.79. The van der Waals surface area contributed by atoms with Crippen LogP contribution in [0.15, 0.2) is 11.4 Å². The van der Waals surface area contributed by atoms with Gasteiger partial charge in [-0.1, -0.05) is 6.92 Å². The van der Waals surface area contributed by atoms with Crippen molar-refractivity contribution in [2.45, 2.75) is 52.4 Å². The van der Waals surface area contributed by atoms with Crippen LogP contribution >= 0.6 is 11.3 Å². The molecule has 0 N–H and O–H groups in total. The molecule has 1 fully saturated rings. The topological polar surface area (TPSA) is 9.72 Å². The molecule has 0 unspecified atom stereocenters. The number of piperazine rings is 1. The molecule has 0 spiro atoms. The maximum atomic E-state index is 2.67. The van der Waals surface area contributed by atoms with Crippen LogP contribution in [0, 0.1) is 0 Å². The first kappa shape index (κ1) is 16.9. The zero-order chi connectivity index (χ0) is 15.4. The van der Waals surface area contributed by atoms with E-state index in [1.165, 1.54) is 36.5 Å². The molecule has 2 heterocycles. The van der Waals surface area contributed by atoms with Crippen molar-refractivity contribution in [1.29, 1.82) is 0 Å². The van der Waals surface area contributed by atoms with Crippen LogP contribution in [0.4, 0.5) is 0 Å². The van der Waals surface area contributed by atoms with Gasteiger partial charge in [-0.3, -0.25) is 9.80 Å². The molecule has 21 heavy (non-hydrogen) atoms. The average Bonchev–Trinajstić information content (AvgIpc) is 2.84. The van der Waals surface area contributed by atoms with Gasteiger partial charge in [-0.25, -0.2) is 0 Å². The summed E-state index contributed by atoms with van der Waals surface area (Å²) < 4.78 is 0. The molecule has 2 rings (SSSR count). The van der Waals surface area contributed by atoms with Gasteiger partial charge in [0.15, 0.2) is 0 Å². The van der Waals surface area contributed by atoms with E-state index in [0.717, 1.165) is 19.1 Å². The van der Waals surface area contributed by atoms with Crippen LogP contribution in [-0.2, 0) is 13.1 Å². The molecule has 1 saturated heterocycles. The summed E-state index contributed by atoms with van der Waals surface area (Å²) in [6, 6.07) is 3.78. The molecule has 0 radical (unpaired) electrons. The normalized spacial score (nSPS) is 21.6. The Kier molecular flexibility index (Phi) is 6.23. The van der Waals surface area contributed by atoms with Crippen molar-refractivity contribution < 1.29 is 0 Å². The Labute approximate surface area is 134 Å². The highest BCUT2D eigenvalue weighted by molar-refractivity contribution is 7.10. The van der Waals surface area contributed by atoms with Crippen LogP contribution in [0.1, 0.15) is 37.6 Å². The minimum absolute atomic E-state index is 0.672. The van der Waals surface area contributed by atoms with Crippen molar-refractivity contribution >= 4 is 11.3 Å². The predicted molar refractivity (Wildman–Crippen MR) is 92.9 cm³/mol. The Balaban J connectivity index is 1.90. The molecule has 0 aromatic carbocycles. The first-order valence-electron chi connectivity index (χ1n) is 8.18. The molecule has 1 atom stereocenters. The molecule has 1 aliphatic rings. The quantitative estimate of drug-likeness (QED) is 0.799. The van der Waals surface area contributed by atoms with Gasteiger partial charge in [0.1, 0.15) is 0 Å². The maximum absolute atomic E-state index is 2.67. The van der Waals surface area contributed by atoms with Crippen LogP contribution in [0.5, 0.6) is 0 Å². The summed E-state index contributed by atoms with van der Waals surface area (Å²) in [5.41, 5.74) is 1.45. The molecule has 120 valence electrons. The first-order chi connectivity index (χ1) is 9.99. The fourth-order valence-electron chi connectivity index (χ4n) is 3.30. The van der Waals surface area contributed by atoms with Crippen LogP contribution in [0.3, 0.4) is 0 Å². The fraction of sp³-hybridized carbons (Fsp3) is 0.765. The summed E-state index contributed by atoms with van der Waals surface area (Å²) in [6.07, 6.45) is 1.25. The molecule has 4 heteroatoms. The van der Waals surface area contributed by atoms with E-state index in [1.807, 2.05) is 11.3 Å². The van der Waals surface area contributed by atoms with Crippen LogP contribution in [0.2, 0.25) is 0 Å². The molecule has 3 nitrogen and oxygen atoms in total. The van der Waals surface area contributed by atoms with Gasteiger partial charge in [0.05, 0.1) is 0 Å². The van der Waals surface area contributed by atoms with E-state index in [0.29, 0.717) is 6.04 Å². The minimum Gasteiger partial charge on any atom is -0.305 e. The van der Waals surface area contributed by atoms with E-state index >= 15 is 0 Å². The number of nitrogens with zero attached hydrogens (tertiary/aromatic N) is 3. The standard InChI is InChI=1S/C17H31N3S/c1-6-16-11-19(7-8-20(16)14(2)3)12-17-9-15(13-21-17)10-18(4)5/h9,13-14,16H,6-8,10-12H2,1-5H3/t16-/m0/s1. The molecule has 1 aromatic heterocycles. The van der Waals surface area contributed by atoms with Crippen molar-refractivity contribution in [2.24, 2.45) is 0 Å². The van der Waals surface area contributed by atoms with Crippen LogP contribution in [-0.4, -0.2) is 60.5 Å². The van der Waals surface area contributed by atoms with E-state index < -0.39 is 0 Å². The average molecular weight is 310 g/mol. The maximum Gasteiger partial charge on any atom is 0.0329 e. The van der Waals surface area contributed by atoms with Gasteiger partial charge in [0.2, 0.25) is 0 Å². The second kappa shape index (κ2) is 7.73. The van der Waals surface area contributed by atoms with E-state index in [4.69, 9.17) is 0 Å². The summed E-state index contributed by atoms with van der Waals surface area (Å²) in [5, 5.41) is 2.32. The van der Waals surface area contributed by atoms with E-state index in [9.17, 15) is 0 Å². The lowest BCUT2D eigenvalue weighted by Gasteiger charge is -2.43. The first-order valence-corrected chi connectivity index (χ1v) is 9.06. The monoisotopic (exact) mass is 309 g/mol. The zero-order valence-corrected chi connectivity index (χ0v) is 15.1. The largest absolute Gasteiger partial charge is 0.305 e. The summed E-state index contributed by atoms with van der Waals surface area (Å²) in [5.74, 6) is 0. The second-order valence-corrected chi connectivity index (χ2v) is 7.78. The number of hydrogen-bond acceptors (Lipinski definition) is 4. The van der Waals surface area contributed by atoms with Crippen molar-refractivity contribution in [3.63, 3.8) is 0 Å². The zero-order valence-electron chi connectivity index (χ0n) is 14.3. The van der Waals surface area contributed by atoms with Gasteiger partial charge in [-0.2, -0.15) is 0 Å². The predicted octanol–water partition coefficient (Wildman–Crippen LogP) is 3.11. The Morgan fingerprint density at radius 2 is 2.10 bits per heavy atom. The van der Waals surface area contributed by atoms with E-state index in [-0.39, 0.29) is 0 Å². The third-order valence-corrected chi connectivity index (χ3v) is 5.30. The lowest BCUT2D eigenvalue weighted by Crippen LogP contribution is -2.54. The van der Waals surface area contributed by atoms with Crippen molar-refractivity contribution in [2.75, 3.05) is 33.7 Å². The highest BCUT2D eigenvalue weighted by atomic mass is 32.1. The summed E-state index contributed by atoms with van der Waals surface area (Å²) in [6.45, 7) is 12.8. The van der Waals surface area contributed by atoms with E-state index in [2.05, 4.69) is 61.0 Å². The van der Waals surface area contributed by atoms with Crippen molar-refractivity contribution in [1.82, 2.24) is 14.7 Å². The summed E-state index contributed by atoms with van der Waals surface area (Å²) in [7, 11) is 4.27. The lowest BCUT2D eigenvalue weighted by molar-refractivity contribution is 0.0461. The van der Waals surface area contributed by atoms with Gasteiger partial charge in [0, 0.05) is 49.7 Å². The van der Waals surface area contributed by atoms with Gasteiger partial charge in [-0.05, 0) is 51.4 Å². The molecule has 0 saturated carbocycles. The number of hydrogen-bond donors (Lipinski definition) is 0. The van der Waals surface area contributed by atoms with Gasteiger partial charge in [-0.15, -0.1) is 11.3 Å². The lowest BCUT2D eigenvalue weighted by atomic mass is 10.1. The summed E-state index contributed by atoms with van der Waals surface area (Å²) in [4.78, 5) is 9.06. The Morgan fingerprint density at radius 3 is 2.71 bits per heavy atom. The number of thiophene rings is 1. The Bertz CT molecular complexity index is 427. The molecule has 0 amide bonds. The summed E-state index contributed by atoms with van der Waals surface area (Å²) >= 11 is 1.92. The number of rotatable bonds is 6. The third-order valence-electron chi connectivity index (χ3n) is 4.33. The smallest absolute Gasteiger partial charge is 0.0329 e. The molecule has 1 aliphatic heterocycles. The molecular weight excluding hydrogens is 278 g/mol. The highest BCUT2D eigenvalue weighted by Crippen LogP contribution is 2.21. The molecule has 0 bridgehead atoms. The van der Waals surface area contributed by atoms with Gasteiger partial charge < -0.3 is 4.90 Å². The minimum atomic E-state index is 0.672. The third kappa shape index (κ3) is 4.78. The molecule has 1 aromatic rings. The van der Waals surface area contributed by atoms with E-state index in [1.54, 1.807) is 0 Å². The Morgan fingerprint density at radius 1 is 1.33 bits per heavy atom. The highest BCUT2D eigenvalue weighted by Gasteiger charge is 2.27. The fourth-order valence-corrected chi connectivity index (χ4v) is 4.22. The molecular formula is C17H31N3S. The SMILES string of the molecule is CC[C@H]1CN(Cc2cc(CN(C)C)cs2)CCN1C(C)C. The van der Waals surface area contributed by atoms with Crippen molar-refractivity contribution in [3.8, 4) is 0 Å². The van der Waals surface area contributed by atoms with Crippen LogP contribution in [0.25, 0.3) is 0 Å². The van der Waals surface area contributed by atoms with Crippen molar-refractivity contribution in [3.05, 3.63) is 21.9 Å².